The van der Waals surface area contributed by atoms with Gasteiger partial charge in [0, 0.05) is 11.1 Å². The zero-order valence-electron chi connectivity index (χ0n) is 18.2. The van der Waals surface area contributed by atoms with Crippen LogP contribution in [0.1, 0.15) is 34.4 Å². The molecule has 2 N–H and O–H groups in total. The molecule has 4 rings (SSSR count). The molecule has 2 heterocycles. The first-order chi connectivity index (χ1) is 15.6. The van der Waals surface area contributed by atoms with Crippen LogP contribution in [-0.4, -0.2) is 38.7 Å². The van der Waals surface area contributed by atoms with E-state index in [0.29, 0.717) is 18.0 Å². The second-order valence-corrected chi connectivity index (χ2v) is 7.16. The maximum Gasteiger partial charge on any atom is 0.289 e. The van der Waals surface area contributed by atoms with Crippen LogP contribution in [0.3, 0.4) is 0 Å². The van der Waals surface area contributed by atoms with Gasteiger partial charge in [0.15, 0.2) is 0 Å². The van der Waals surface area contributed by atoms with Crippen molar-refractivity contribution in [2.24, 2.45) is 5.10 Å². The number of carbonyl (C=O) groups excluding carboxylic acids is 1. The van der Waals surface area contributed by atoms with Crippen LogP contribution in [0.5, 0.6) is 5.75 Å². The Morgan fingerprint density at radius 3 is 2.75 bits per heavy atom. The third kappa shape index (κ3) is 4.44. The van der Waals surface area contributed by atoms with Crippen LogP contribution >= 0.6 is 0 Å². The Labute approximate surface area is 185 Å². The molecule has 2 aromatic heterocycles. The van der Waals surface area contributed by atoms with E-state index in [1.165, 1.54) is 0 Å². The van der Waals surface area contributed by atoms with E-state index in [0.717, 1.165) is 34.0 Å². The molecule has 1 amide bonds. The molecule has 0 fully saturated rings. The molecule has 0 radical (unpaired) electrons. The van der Waals surface area contributed by atoms with Crippen molar-refractivity contribution in [2.45, 2.75) is 20.8 Å². The number of nitrogens with zero attached hydrogens (tertiary/aromatic N) is 4. The summed E-state index contributed by atoms with van der Waals surface area (Å²) in [6, 6.07) is 19.1. The van der Waals surface area contributed by atoms with E-state index in [1.54, 1.807) is 12.3 Å². The van der Waals surface area contributed by atoms with Crippen LogP contribution in [-0.2, 0) is 0 Å². The van der Waals surface area contributed by atoms with Crippen LogP contribution in [0.4, 0.5) is 0 Å². The molecule has 0 unspecified atom stereocenters. The lowest BCUT2D eigenvalue weighted by atomic mass is 10.1. The van der Waals surface area contributed by atoms with Crippen molar-refractivity contribution in [3.63, 3.8) is 0 Å². The molecule has 8 nitrogen and oxygen atoms in total. The summed E-state index contributed by atoms with van der Waals surface area (Å²) in [5.41, 5.74) is 7.94. The molecule has 8 heteroatoms. The molecule has 0 aliphatic rings. The number of aryl methyl sites for hydroxylation is 1. The van der Waals surface area contributed by atoms with Gasteiger partial charge in [0.05, 0.1) is 35.6 Å². The van der Waals surface area contributed by atoms with E-state index in [1.807, 2.05) is 80.1 Å². The maximum absolute atomic E-state index is 12.5. The summed E-state index contributed by atoms with van der Waals surface area (Å²) in [7, 11) is 0. The van der Waals surface area contributed by atoms with Crippen molar-refractivity contribution in [3.05, 3.63) is 83.3 Å². The summed E-state index contributed by atoms with van der Waals surface area (Å²) in [5.74, 6) is 0.372. The Morgan fingerprint density at radius 1 is 1.16 bits per heavy atom. The van der Waals surface area contributed by atoms with Gasteiger partial charge in [0.1, 0.15) is 11.4 Å². The summed E-state index contributed by atoms with van der Waals surface area (Å²) < 4.78 is 7.38. The van der Waals surface area contributed by atoms with Gasteiger partial charge in [-0.3, -0.25) is 9.89 Å². The largest absolute Gasteiger partial charge is 0.494 e. The number of hydrogen-bond donors (Lipinski definition) is 2. The number of nitrogens with one attached hydrogen (secondary N) is 2. The number of benzene rings is 2. The summed E-state index contributed by atoms with van der Waals surface area (Å²) in [6.07, 6.45) is 1.61. The molecule has 0 aliphatic carbocycles. The Balaban J connectivity index is 1.46. The molecular weight excluding hydrogens is 404 g/mol. The van der Waals surface area contributed by atoms with Crippen molar-refractivity contribution in [1.29, 1.82) is 0 Å². The van der Waals surface area contributed by atoms with E-state index in [4.69, 9.17) is 4.74 Å². The van der Waals surface area contributed by atoms with Gasteiger partial charge in [0.2, 0.25) is 0 Å². The predicted molar refractivity (Wildman–Crippen MR) is 123 cm³/mol. The van der Waals surface area contributed by atoms with E-state index >= 15 is 0 Å². The number of para-hydroxylation sites is 1. The predicted octanol–water partition coefficient (Wildman–Crippen LogP) is 4.04. The quantitative estimate of drug-likeness (QED) is 0.343. The highest BCUT2D eigenvalue weighted by Gasteiger charge is 2.13. The van der Waals surface area contributed by atoms with Crippen molar-refractivity contribution in [2.75, 3.05) is 6.61 Å². The van der Waals surface area contributed by atoms with Crippen LogP contribution < -0.4 is 10.2 Å². The second kappa shape index (κ2) is 9.30. The van der Waals surface area contributed by atoms with E-state index in [2.05, 4.69) is 25.8 Å². The Kier molecular flexibility index (Phi) is 6.12. The van der Waals surface area contributed by atoms with Crippen LogP contribution in [0.2, 0.25) is 0 Å². The number of ether oxygens (including phenoxy) is 1. The summed E-state index contributed by atoms with van der Waals surface area (Å²) in [5, 5.41) is 15.7. The summed E-state index contributed by atoms with van der Waals surface area (Å²) >= 11 is 0. The molecule has 162 valence electrons. The van der Waals surface area contributed by atoms with Gasteiger partial charge in [-0.1, -0.05) is 30.3 Å². The lowest BCUT2D eigenvalue weighted by molar-refractivity contribution is 0.0950. The molecular formula is C24H24N6O2. The van der Waals surface area contributed by atoms with Crippen LogP contribution in [0.15, 0.2) is 65.8 Å². The first-order valence-corrected chi connectivity index (χ1v) is 10.3. The van der Waals surface area contributed by atoms with Crippen molar-refractivity contribution in [1.82, 2.24) is 25.4 Å². The highest BCUT2D eigenvalue weighted by Crippen LogP contribution is 2.23. The third-order valence-electron chi connectivity index (χ3n) is 4.97. The monoisotopic (exact) mass is 428 g/mol. The van der Waals surface area contributed by atoms with Gasteiger partial charge >= 0.3 is 0 Å². The van der Waals surface area contributed by atoms with Crippen LogP contribution in [0, 0.1) is 13.8 Å². The molecule has 4 aromatic rings. The fourth-order valence-corrected chi connectivity index (χ4v) is 3.38. The maximum atomic E-state index is 12.5. The molecule has 32 heavy (non-hydrogen) atoms. The van der Waals surface area contributed by atoms with E-state index in [9.17, 15) is 4.79 Å². The van der Waals surface area contributed by atoms with Crippen molar-refractivity contribution < 1.29 is 9.53 Å². The fraction of sp³-hybridized carbons (Fsp3) is 0.167. The van der Waals surface area contributed by atoms with Gasteiger partial charge in [-0.05, 0) is 51.1 Å². The number of hydrogen-bond acceptors (Lipinski definition) is 5. The first-order valence-electron chi connectivity index (χ1n) is 10.3. The summed E-state index contributed by atoms with van der Waals surface area (Å²) in [6.45, 7) is 6.39. The van der Waals surface area contributed by atoms with Gasteiger partial charge in [-0.15, -0.1) is 0 Å². The second-order valence-electron chi connectivity index (χ2n) is 7.16. The molecule has 2 aromatic carbocycles. The van der Waals surface area contributed by atoms with Crippen molar-refractivity contribution in [3.8, 4) is 22.7 Å². The number of H-pyrrole nitrogens is 1. The minimum absolute atomic E-state index is 0.312. The first kappa shape index (κ1) is 21.0. The van der Waals surface area contributed by atoms with Gasteiger partial charge in [0.25, 0.3) is 5.91 Å². The van der Waals surface area contributed by atoms with Gasteiger partial charge in [-0.25, -0.2) is 10.1 Å². The number of amides is 1. The lowest BCUT2D eigenvalue weighted by Gasteiger charge is -2.03. The van der Waals surface area contributed by atoms with Crippen molar-refractivity contribution >= 4 is 12.1 Å². The SMILES string of the molecule is CCOc1cccc(-c2cc(C(=O)N/N=C\c3c(C)nn(-c4ccccc4)c3C)[nH]n2)c1. The van der Waals surface area contributed by atoms with Gasteiger partial charge in [-0.2, -0.15) is 15.3 Å². The fourth-order valence-electron chi connectivity index (χ4n) is 3.38. The van der Waals surface area contributed by atoms with Crippen LogP contribution in [0.25, 0.3) is 16.9 Å². The zero-order valence-corrected chi connectivity index (χ0v) is 18.2. The topological polar surface area (TPSA) is 97.2 Å². The number of hydrazone groups is 1. The lowest BCUT2D eigenvalue weighted by Crippen LogP contribution is -2.18. The average Bonchev–Trinajstić information content (AvgIpc) is 3.41. The minimum atomic E-state index is -0.383. The number of carbonyl (C=O) groups is 1. The Bertz CT molecular complexity index is 1260. The number of aromatic nitrogens is 4. The highest BCUT2D eigenvalue weighted by molar-refractivity contribution is 5.94. The van der Waals surface area contributed by atoms with E-state index < -0.39 is 0 Å². The zero-order chi connectivity index (χ0) is 22.5. The van der Waals surface area contributed by atoms with Gasteiger partial charge < -0.3 is 4.74 Å². The number of rotatable bonds is 7. The molecule has 0 atom stereocenters. The minimum Gasteiger partial charge on any atom is -0.494 e. The Morgan fingerprint density at radius 2 is 1.97 bits per heavy atom. The molecule has 0 saturated heterocycles. The molecule has 0 bridgehead atoms. The average molecular weight is 428 g/mol. The normalized spacial score (nSPS) is 11.1. The Hall–Kier alpha value is -4.20. The third-order valence-corrected chi connectivity index (χ3v) is 4.97. The smallest absolute Gasteiger partial charge is 0.289 e. The molecule has 0 aliphatic heterocycles. The van der Waals surface area contributed by atoms with E-state index in [-0.39, 0.29) is 5.91 Å². The standard InChI is InChI=1S/C24H24N6O2/c1-4-32-20-12-8-9-18(13-20)22-14-23(27-26-22)24(31)28-25-15-21-16(2)29-30(17(21)3)19-10-6-5-7-11-19/h5-15H,4H2,1-3H3,(H,26,27)(H,28,31)/b25-15-. The molecule has 0 saturated carbocycles. The summed E-state index contributed by atoms with van der Waals surface area (Å²) in [4.78, 5) is 12.5. The number of aromatic amines is 1. The molecule has 0 spiro atoms. The highest BCUT2D eigenvalue weighted by atomic mass is 16.5.